The summed E-state index contributed by atoms with van der Waals surface area (Å²) in [6.45, 7) is 4.03. The van der Waals surface area contributed by atoms with Crippen molar-refractivity contribution >= 4 is 11.2 Å². The van der Waals surface area contributed by atoms with Crippen LogP contribution in [0.5, 0.6) is 0 Å². The zero-order valence-electron chi connectivity index (χ0n) is 11.5. The Morgan fingerprint density at radius 2 is 2.42 bits per heavy atom. The molecule has 1 aliphatic rings. The van der Waals surface area contributed by atoms with Gasteiger partial charge in [0.1, 0.15) is 11.3 Å². The third kappa shape index (κ3) is 2.24. The lowest BCUT2D eigenvalue weighted by Gasteiger charge is -2.13. The Bertz CT molecular complexity index is 566. The maximum absolute atomic E-state index is 5.42. The highest BCUT2D eigenvalue weighted by atomic mass is 16.5. The van der Waals surface area contributed by atoms with E-state index < -0.39 is 0 Å². The molecule has 5 heteroatoms. The lowest BCUT2D eigenvalue weighted by Crippen LogP contribution is -2.19. The van der Waals surface area contributed by atoms with E-state index >= 15 is 0 Å². The van der Waals surface area contributed by atoms with Gasteiger partial charge < -0.3 is 14.6 Å². The summed E-state index contributed by atoms with van der Waals surface area (Å²) < 4.78 is 7.66. The third-order valence-electron chi connectivity index (χ3n) is 3.72. The molecule has 1 aliphatic heterocycles. The predicted octanol–water partition coefficient (Wildman–Crippen LogP) is 1.89. The minimum atomic E-state index is 0.269. The van der Waals surface area contributed by atoms with Gasteiger partial charge in [0.05, 0.1) is 12.1 Å². The van der Waals surface area contributed by atoms with Crippen LogP contribution < -0.4 is 5.32 Å². The van der Waals surface area contributed by atoms with Crippen molar-refractivity contribution in [3.63, 3.8) is 0 Å². The first-order chi connectivity index (χ1) is 9.33. The first kappa shape index (κ1) is 12.6. The molecule has 0 aromatic carbocycles. The molecule has 0 aliphatic carbocycles. The number of rotatable bonds is 4. The molecule has 3 heterocycles. The van der Waals surface area contributed by atoms with Crippen molar-refractivity contribution in [1.29, 1.82) is 0 Å². The van der Waals surface area contributed by atoms with Crippen LogP contribution in [0.15, 0.2) is 18.3 Å². The third-order valence-corrected chi connectivity index (χ3v) is 3.72. The molecule has 0 radical (unpaired) electrons. The molecule has 2 unspecified atom stereocenters. The topological polar surface area (TPSA) is 52.0 Å². The number of pyridine rings is 1. The SMILES string of the molecule is CCCn1c(C2CC(OC)CN2)nc2cccnc21. The average molecular weight is 260 g/mol. The number of imidazole rings is 1. The fourth-order valence-electron chi connectivity index (χ4n) is 2.77. The van der Waals surface area contributed by atoms with E-state index in [0.717, 1.165) is 42.9 Å². The molecule has 3 rings (SSSR count). The molecule has 1 saturated heterocycles. The van der Waals surface area contributed by atoms with Gasteiger partial charge in [-0.05, 0) is 25.0 Å². The summed E-state index contributed by atoms with van der Waals surface area (Å²) in [6.07, 6.45) is 4.17. The number of fused-ring (bicyclic) bond motifs is 1. The minimum Gasteiger partial charge on any atom is -0.380 e. The highest BCUT2D eigenvalue weighted by molar-refractivity contribution is 5.71. The van der Waals surface area contributed by atoms with Crippen LogP contribution in [0.3, 0.4) is 0 Å². The average Bonchev–Trinajstić information content (AvgIpc) is 3.04. The van der Waals surface area contributed by atoms with Crippen LogP contribution >= 0.6 is 0 Å². The van der Waals surface area contributed by atoms with Crippen LogP contribution in [0.2, 0.25) is 0 Å². The molecule has 1 N–H and O–H groups in total. The van der Waals surface area contributed by atoms with Gasteiger partial charge in [-0.15, -0.1) is 0 Å². The number of hydrogen-bond donors (Lipinski definition) is 1. The first-order valence-electron chi connectivity index (χ1n) is 6.90. The molecule has 19 heavy (non-hydrogen) atoms. The maximum Gasteiger partial charge on any atom is 0.160 e. The Morgan fingerprint density at radius 1 is 1.53 bits per heavy atom. The van der Waals surface area contributed by atoms with Gasteiger partial charge in [-0.25, -0.2) is 9.97 Å². The molecule has 0 bridgehead atoms. The van der Waals surface area contributed by atoms with E-state index in [4.69, 9.17) is 9.72 Å². The summed E-state index contributed by atoms with van der Waals surface area (Å²) in [5.74, 6) is 1.09. The van der Waals surface area contributed by atoms with Crippen molar-refractivity contribution in [3.05, 3.63) is 24.2 Å². The van der Waals surface area contributed by atoms with Gasteiger partial charge in [-0.1, -0.05) is 6.92 Å². The molecular formula is C14H20N4O. The van der Waals surface area contributed by atoms with E-state index in [1.807, 2.05) is 18.3 Å². The monoisotopic (exact) mass is 260 g/mol. The number of aryl methyl sites for hydroxylation is 1. The van der Waals surface area contributed by atoms with Crippen molar-refractivity contribution in [1.82, 2.24) is 19.9 Å². The molecule has 102 valence electrons. The molecule has 0 amide bonds. The second kappa shape index (κ2) is 5.27. The Morgan fingerprint density at radius 3 is 3.16 bits per heavy atom. The van der Waals surface area contributed by atoms with Gasteiger partial charge in [0, 0.05) is 26.4 Å². The van der Waals surface area contributed by atoms with E-state index in [-0.39, 0.29) is 12.1 Å². The van der Waals surface area contributed by atoms with Crippen molar-refractivity contribution in [3.8, 4) is 0 Å². The van der Waals surface area contributed by atoms with E-state index in [1.165, 1.54) is 0 Å². The number of nitrogens with zero attached hydrogens (tertiary/aromatic N) is 3. The summed E-state index contributed by atoms with van der Waals surface area (Å²) in [7, 11) is 1.77. The van der Waals surface area contributed by atoms with Crippen molar-refractivity contribution in [2.45, 2.75) is 38.5 Å². The maximum atomic E-state index is 5.42. The van der Waals surface area contributed by atoms with Crippen LogP contribution in [-0.4, -0.2) is 34.3 Å². The van der Waals surface area contributed by atoms with E-state index in [9.17, 15) is 0 Å². The smallest absolute Gasteiger partial charge is 0.160 e. The number of hydrogen-bond acceptors (Lipinski definition) is 4. The highest BCUT2D eigenvalue weighted by Crippen LogP contribution is 2.27. The lowest BCUT2D eigenvalue weighted by molar-refractivity contribution is 0.117. The Labute approximate surface area is 113 Å². The fourth-order valence-corrected chi connectivity index (χ4v) is 2.77. The van der Waals surface area contributed by atoms with Crippen molar-refractivity contribution in [2.24, 2.45) is 0 Å². The molecule has 0 saturated carbocycles. The minimum absolute atomic E-state index is 0.269. The lowest BCUT2D eigenvalue weighted by atomic mass is 10.2. The van der Waals surface area contributed by atoms with Gasteiger partial charge in [-0.3, -0.25) is 0 Å². The largest absolute Gasteiger partial charge is 0.380 e. The number of methoxy groups -OCH3 is 1. The predicted molar refractivity (Wildman–Crippen MR) is 74.0 cm³/mol. The molecular weight excluding hydrogens is 240 g/mol. The molecule has 2 atom stereocenters. The second-order valence-electron chi connectivity index (χ2n) is 5.02. The van der Waals surface area contributed by atoms with Crippen LogP contribution in [-0.2, 0) is 11.3 Å². The van der Waals surface area contributed by atoms with Crippen molar-refractivity contribution in [2.75, 3.05) is 13.7 Å². The molecule has 1 fully saturated rings. The first-order valence-corrected chi connectivity index (χ1v) is 6.90. The summed E-state index contributed by atoms with van der Waals surface area (Å²) >= 11 is 0. The highest BCUT2D eigenvalue weighted by Gasteiger charge is 2.29. The Balaban J connectivity index is 2.00. The van der Waals surface area contributed by atoms with Gasteiger partial charge in [-0.2, -0.15) is 0 Å². The molecule has 2 aromatic heterocycles. The van der Waals surface area contributed by atoms with Gasteiger partial charge >= 0.3 is 0 Å². The molecule has 2 aromatic rings. The summed E-state index contributed by atoms with van der Waals surface area (Å²) in [5, 5.41) is 3.50. The Hall–Kier alpha value is -1.46. The number of nitrogens with one attached hydrogen (secondary N) is 1. The van der Waals surface area contributed by atoms with Gasteiger partial charge in [0.2, 0.25) is 0 Å². The number of ether oxygens (including phenoxy) is 1. The Kier molecular flexibility index (Phi) is 3.48. The zero-order valence-corrected chi connectivity index (χ0v) is 11.5. The quantitative estimate of drug-likeness (QED) is 0.912. The standard InChI is InChI=1S/C14H20N4O/c1-3-7-18-13-11(5-4-6-15-13)17-14(18)12-8-10(19-2)9-16-12/h4-6,10,12,16H,3,7-9H2,1-2H3. The summed E-state index contributed by atoms with van der Waals surface area (Å²) in [4.78, 5) is 9.24. The molecule has 0 spiro atoms. The van der Waals surface area contributed by atoms with Crippen LogP contribution in [0.1, 0.15) is 31.6 Å². The normalized spacial score (nSPS) is 23.3. The van der Waals surface area contributed by atoms with E-state index in [1.54, 1.807) is 7.11 Å². The van der Waals surface area contributed by atoms with Crippen LogP contribution in [0.25, 0.3) is 11.2 Å². The number of aromatic nitrogens is 3. The second-order valence-corrected chi connectivity index (χ2v) is 5.02. The summed E-state index contributed by atoms with van der Waals surface area (Å²) in [5.41, 5.74) is 1.97. The van der Waals surface area contributed by atoms with Gasteiger partial charge in [0.15, 0.2) is 5.65 Å². The van der Waals surface area contributed by atoms with Crippen LogP contribution in [0, 0.1) is 0 Å². The van der Waals surface area contributed by atoms with Gasteiger partial charge in [0.25, 0.3) is 0 Å². The fraction of sp³-hybridized carbons (Fsp3) is 0.571. The van der Waals surface area contributed by atoms with E-state index in [2.05, 4.69) is 21.8 Å². The summed E-state index contributed by atoms with van der Waals surface area (Å²) in [6, 6.07) is 4.24. The van der Waals surface area contributed by atoms with Crippen molar-refractivity contribution < 1.29 is 4.74 Å². The zero-order chi connectivity index (χ0) is 13.2. The van der Waals surface area contributed by atoms with Crippen LogP contribution in [0.4, 0.5) is 0 Å². The molecule has 5 nitrogen and oxygen atoms in total. The van der Waals surface area contributed by atoms with E-state index in [0.29, 0.717) is 0 Å².